The average Bonchev–Trinajstić information content (AvgIpc) is 2.77. The highest BCUT2D eigenvalue weighted by atomic mass is 35.5. The first kappa shape index (κ1) is 24.0. The first-order chi connectivity index (χ1) is 15.7. The Hall–Kier alpha value is -3.68. The summed E-state index contributed by atoms with van der Waals surface area (Å²) in [5, 5.41) is 6.97. The summed E-state index contributed by atoms with van der Waals surface area (Å²) < 4.78 is 5.36. The van der Waals surface area contributed by atoms with Crippen molar-refractivity contribution >= 4 is 52.4 Å². The monoisotopic (exact) mass is 483 g/mol. The summed E-state index contributed by atoms with van der Waals surface area (Å²) in [7, 11) is 0. The van der Waals surface area contributed by atoms with Gasteiger partial charge in [-0.3, -0.25) is 9.59 Å². The van der Waals surface area contributed by atoms with Crippen LogP contribution in [0.5, 0.6) is 5.75 Å². The van der Waals surface area contributed by atoms with Crippen LogP contribution < -0.4 is 15.5 Å². The number of ether oxygens (including phenoxy) is 1. The van der Waals surface area contributed by atoms with E-state index in [9.17, 15) is 14.4 Å². The fourth-order valence-corrected chi connectivity index (χ4v) is 3.21. The predicted molar refractivity (Wildman–Crippen MR) is 128 cm³/mol. The normalized spacial score (nSPS) is 11.0. The van der Waals surface area contributed by atoms with E-state index >= 15 is 0 Å². The molecule has 0 aliphatic carbocycles. The van der Waals surface area contributed by atoms with Crippen LogP contribution in [0, 0.1) is 6.92 Å². The highest BCUT2D eigenvalue weighted by Gasteiger charge is 2.14. The number of halogens is 2. The van der Waals surface area contributed by atoms with E-state index in [1.807, 2.05) is 19.1 Å². The van der Waals surface area contributed by atoms with Crippen molar-refractivity contribution in [1.29, 1.82) is 0 Å². The van der Waals surface area contributed by atoms with Crippen LogP contribution in [0.3, 0.4) is 0 Å². The van der Waals surface area contributed by atoms with E-state index in [2.05, 4.69) is 15.8 Å². The van der Waals surface area contributed by atoms with Crippen molar-refractivity contribution in [1.82, 2.24) is 5.43 Å². The number of nitrogens with zero attached hydrogens (tertiary/aromatic N) is 1. The highest BCUT2D eigenvalue weighted by Crippen LogP contribution is 2.22. The van der Waals surface area contributed by atoms with Gasteiger partial charge in [0.2, 0.25) is 0 Å². The molecule has 0 fully saturated rings. The smallest absolute Gasteiger partial charge is 0.343 e. The van der Waals surface area contributed by atoms with Gasteiger partial charge in [-0.1, -0.05) is 40.9 Å². The molecule has 0 aliphatic rings. The lowest BCUT2D eigenvalue weighted by atomic mass is 10.1. The van der Waals surface area contributed by atoms with Crippen LogP contribution in [0.2, 0.25) is 10.0 Å². The van der Waals surface area contributed by atoms with Gasteiger partial charge in [-0.05, 0) is 74.0 Å². The van der Waals surface area contributed by atoms with Gasteiger partial charge in [0.25, 0.3) is 0 Å². The van der Waals surface area contributed by atoms with E-state index < -0.39 is 17.8 Å². The Balaban J connectivity index is 1.57. The van der Waals surface area contributed by atoms with Crippen molar-refractivity contribution in [3.8, 4) is 5.75 Å². The molecule has 168 valence electrons. The number of anilines is 1. The molecule has 0 heterocycles. The minimum absolute atomic E-state index is 0.282. The van der Waals surface area contributed by atoms with Crippen LogP contribution in [0.25, 0.3) is 0 Å². The van der Waals surface area contributed by atoms with Gasteiger partial charge in [0, 0.05) is 15.7 Å². The number of nitrogens with one attached hydrogen (secondary N) is 2. The number of rotatable bonds is 5. The van der Waals surface area contributed by atoms with Gasteiger partial charge < -0.3 is 10.1 Å². The van der Waals surface area contributed by atoms with Crippen LogP contribution >= 0.6 is 23.2 Å². The maximum Gasteiger partial charge on any atom is 0.343 e. The van der Waals surface area contributed by atoms with Gasteiger partial charge in [0.15, 0.2) is 0 Å². The van der Waals surface area contributed by atoms with E-state index in [0.717, 1.165) is 5.56 Å². The second-order valence-corrected chi connectivity index (χ2v) is 7.90. The molecule has 0 unspecified atom stereocenters. The number of amides is 2. The Morgan fingerprint density at radius 2 is 1.39 bits per heavy atom. The Morgan fingerprint density at radius 1 is 0.818 bits per heavy atom. The lowest BCUT2D eigenvalue weighted by Gasteiger charge is -2.07. The molecular weight excluding hydrogens is 465 g/mol. The molecule has 3 aromatic carbocycles. The maximum absolute atomic E-state index is 12.2. The van der Waals surface area contributed by atoms with Gasteiger partial charge in [0.1, 0.15) is 5.75 Å². The average molecular weight is 484 g/mol. The van der Waals surface area contributed by atoms with Gasteiger partial charge in [-0.2, -0.15) is 5.10 Å². The van der Waals surface area contributed by atoms with Crippen LogP contribution in [0.4, 0.5) is 5.69 Å². The Morgan fingerprint density at radius 3 is 2.00 bits per heavy atom. The molecule has 0 saturated heterocycles. The molecule has 0 bridgehead atoms. The second-order valence-electron chi connectivity index (χ2n) is 7.03. The molecule has 33 heavy (non-hydrogen) atoms. The van der Waals surface area contributed by atoms with E-state index in [1.54, 1.807) is 43.3 Å². The van der Waals surface area contributed by atoms with Gasteiger partial charge in [-0.15, -0.1) is 0 Å². The first-order valence-electron chi connectivity index (χ1n) is 9.72. The fraction of sp³-hybridized carbons (Fsp3) is 0.0833. The summed E-state index contributed by atoms with van der Waals surface area (Å²) in [5.74, 6) is -1.99. The third-order valence-electron chi connectivity index (χ3n) is 4.42. The maximum atomic E-state index is 12.2. The summed E-state index contributed by atoms with van der Waals surface area (Å²) in [5.41, 5.74) is 5.07. The molecule has 9 heteroatoms. The molecule has 3 rings (SSSR count). The zero-order chi connectivity index (χ0) is 24.0. The first-order valence-corrected chi connectivity index (χ1v) is 10.5. The van der Waals surface area contributed by atoms with Crippen molar-refractivity contribution in [3.05, 3.63) is 93.5 Å². The summed E-state index contributed by atoms with van der Waals surface area (Å²) >= 11 is 11.7. The van der Waals surface area contributed by atoms with Gasteiger partial charge >= 0.3 is 17.8 Å². The number of carbonyl (C=O) groups excluding carboxylic acids is 3. The Labute approximate surface area is 200 Å². The lowest BCUT2D eigenvalue weighted by Crippen LogP contribution is -2.32. The van der Waals surface area contributed by atoms with Gasteiger partial charge in [0.05, 0.1) is 11.3 Å². The topological polar surface area (TPSA) is 96.9 Å². The number of hydrogen-bond acceptors (Lipinski definition) is 5. The van der Waals surface area contributed by atoms with Crippen molar-refractivity contribution in [2.45, 2.75) is 13.8 Å². The predicted octanol–water partition coefficient (Wildman–Crippen LogP) is 5.00. The molecule has 2 N–H and O–H groups in total. The molecule has 3 aromatic rings. The van der Waals surface area contributed by atoms with Crippen molar-refractivity contribution in [3.63, 3.8) is 0 Å². The van der Waals surface area contributed by atoms with E-state index in [1.165, 1.54) is 18.2 Å². The fourth-order valence-electron chi connectivity index (χ4n) is 2.68. The van der Waals surface area contributed by atoms with Crippen LogP contribution in [0.15, 0.2) is 71.8 Å². The van der Waals surface area contributed by atoms with E-state index in [0.29, 0.717) is 32.6 Å². The summed E-state index contributed by atoms with van der Waals surface area (Å²) in [6.45, 7) is 3.59. The minimum atomic E-state index is -0.964. The molecule has 2 amide bonds. The van der Waals surface area contributed by atoms with E-state index in [-0.39, 0.29) is 5.69 Å². The van der Waals surface area contributed by atoms with Crippen molar-refractivity contribution in [2.24, 2.45) is 5.10 Å². The molecule has 0 aliphatic heterocycles. The number of hydrogen-bond donors (Lipinski definition) is 2. The second kappa shape index (κ2) is 10.8. The third kappa shape index (κ3) is 6.90. The third-order valence-corrected chi connectivity index (χ3v) is 4.86. The molecule has 7 nitrogen and oxygen atoms in total. The largest absolute Gasteiger partial charge is 0.423 e. The van der Waals surface area contributed by atoms with Crippen molar-refractivity contribution < 1.29 is 19.1 Å². The van der Waals surface area contributed by atoms with Crippen LogP contribution in [-0.4, -0.2) is 23.5 Å². The van der Waals surface area contributed by atoms with Crippen molar-refractivity contribution in [2.75, 3.05) is 5.32 Å². The summed E-state index contributed by atoms with van der Waals surface area (Å²) in [6, 6.07) is 18.0. The number of benzene rings is 3. The standard InChI is InChI=1S/C24H19Cl2N3O4/c1-14-3-5-17(6-4-14)24(32)33-21-9-7-16(8-10-21)15(2)28-29-23(31)22(30)27-20-12-18(25)11-19(26)13-20/h3-13H,1-2H3,(H,27,30)(H,29,31)/b28-15+. The number of esters is 1. The van der Waals surface area contributed by atoms with E-state index in [4.69, 9.17) is 27.9 Å². The highest BCUT2D eigenvalue weighted by molar-refractivity contribution is 6.40. The number of carbonyl (C=O) groups is 3. The zero-order valence-corrected chi connectivity index (χ0v) is 19.2. The van der Waals surface area contributed by atoms with Crippen LogP contribution in [0.1, 0.15) is 28.4 Å². The van der Waals surface area contributed by atoms with Gasteiger partial charge in [-0.25, -0.2) is 10.2 Å². The zero-order valence-electron chi connectivity index (χ0n) is 17.7. The molecule has 0 spiro atoms. The quantitative estimate of drug-likeness (QED) is 0.175. The Bertz CT molecular complexity index is 1200. The molecule has 0 saturated carbocycles. The van der Waals surface area contributed by atoms with Crippen LogP contribution in [-0.2, 0) is 9.59 Å². The summed E-state index contributed by atoms with van der Waals surface area (Å²) in [6.07, 6.45) is 0. The Kier molecular flexibility index (Phi) is 7.82. The number of hydrazone groups is 1. The molecule has 0 radical (unpaired) electrons. The number of aryl methyl sites for hydroxylation is 1. The minimum Gasteiger partial charge on any atom is -0.423 e. The molecule has 0 atom stereocenters. The summed E-state index contributed by atoms with van der Waals surface area (Å²) in [4.78, 5) is 36.3. The SMILES string of the molecule is C/C(=N\NC(=O)C(=O)Nc1cc(Cl)cc(Cl)c1)c1ccc(OC(=O)c2ccc(C)cc2)cc1. The molecule has 0 aromatic heterocycles. The molecular formula is C24H19Cl2N3O4. The lowest BCUT2D eigenvalue weighted by molar-refractivity contribution is -0.136.